The van der Waals surface area contributed by atoms with Gasteiger partial charge in [-0.2, -0.15) is 13.2 Å². The van der Waals surface area contributed by atoms with E-state index in [9.17, 15) is 18.0 Å². The van der Waals surface area contributed by atoms with Crippen LogP contribution in [0, 0.1) is 20.8 Å². The Bertz CT molecular complexity index is 1000. The molecule has 0 aliphatic rings. The van der Waals surface area contributed by atoms with Crippen molar-refractivity contribution in [2.75, 3.05) is 13.6 Å². The molecule has 0 unspecified atom stereocenters. The van der Waals surface area contributed by atoms with Crippen LogP contribution in [0.15, 0.2) is 21.1 Å². The van der Waals surface area contributed by atoms with Crippen molar-refractivity contribution in [2.45, 2.75) is 33.4 Å². The third kappa shape index (κ3) is 3.81. The molecule has 3 aromatic heterocycles. The van der Waals surface area contributed by atoms with E-state index in [0.29, 0.717) is 33.9 Å². The van der Waals surface area contributed by atoms with Crippen molar-refractivity contribution >= 4 is 17.0 Å². The highest BCUT2D eigenvalue weighted by atomic mass is 19.4. The SMILES string of the molecule is Cc1cc(-c2cc(C(=O)N(C)CCC(F)(F)F)c3c(C)noc3n2)c(C)o1. The summed E-state index contributed by atoms with van der Waals surface area (Å²) in [7, 11) is 1.33. The smallest absolute Gasteiger partial charge is 0.390 e. The molecule has 3 heterocycles. The molecule has 0 bridgehead atoms. The Kier molecular flexibility index (Phi) is 4.71. The lowest BCUT2D eigenvalue weighted by atomic mass is 10.0. The Balaban J connectivity index is 2.06. The Morgan fingerprint density at radius 2 is 1.93 bits per heavy atom. The van der Waals surface area contributed by atoms with Crippen molar-refractivity contribution in [1.29, 1.82) is 0 Å². The Morgan fingerprint density at radius 1 is 1.22 bits per heavy atom. The molecule has 0 aromatic carbocycles. The second-order valence-corrected chi connectivity index (χ2v) is 6.42. The molecule has 0 fully saturated rings. The highest BCUT2D eigenvalue weighted by Crippen LogP contribution is 2.31. The van der Waals surface area contributed by atoms with Gasteiger partial charge in [0.1, 0.15) is 11.5 Å². The number of halogens is 3. The maximum atomic E-state index is 12.8. The number of nitrogens with zero attached hydrogens (tertiary/aromatic N) is 3. The fraction of sp³-hybridized carbons (Fsp3) is 0.389. The largest absolute Gasteiger partial charge is 0.466 e. The molecule has 0 aliphatic heterocycles. The third-order valence-corrected chi connectivity index (χ3v) is 4.24. The maximum absolute atomic E-state index is 12.8. The molecule has 0 spiro atoms. The first-order chi connectivity index (χ1) is 12.6. The van der Waals surface area contributed by atoms with Crippen LogP contribution in [0.25, 0.3) is 22.4 Å². The number of furan rings is 1. The summed E-state index contributed by atoms with van der Waals surface area (Å²) in [6, 6.07) is 3.31. The van der Waals surface area contributed by atoms with Crippen molar-refractivity contribution in [1.82, 2.24) is 15.0 Å². The molecule has 144 valence electrons. The number of hydrogen-bond donors (Lipinski definition) is 0. The average Bonchev–Trinajstić information content (AvgIpc) is 3.12. The molecule has 27 heavy (non-hydrogen) atoms. The van der Waals surface area contributed by atoms with E-state index in [2.05, 4.69) is 10.1 Å². The Morgan fingerprint density at radius 3 is 2.52 bits per heavy atom. The van der Waals surface area contributed by atoms with E-state index in [4.69, 9.17) is 8.94 Å². The van der Waals surface area contributed by atoms with Crippen molar-refractivity contribution < 1.29 is 26.9 Å². The molecule has 0 aliphatic carbocycles. The van der Waals surface area contributed by atoms with Gasteiger partial charge in [0.05, 0.1) is 28.8 Å². The lowest BCUT2D eigenvalue weighted by Gasteiger charge is -2.19. The van der Waals surface area contributed by atoms with E-state index in [1.165, 1.54) is 13.1 Å². The molecule has 0 saturated carbocycles. The third-order valence-electron chi connectivity index (χ3n) is 4.24. The van der Waals surface area contributed by atoms with Crippen molar-refractivity contribution in [2.24, 2.45) is 0 Å². The fourth-order valence-corrected chi connectivity index (χ4v) is 2.89. The Labute approximate surface area is 152 Å². The van der Waals surface area contributed by atoms with E-state index < -0.39 is 25.0 Å². The van der Waals surface area contributed by atoms with Gasteiger partial charge >= 0.3 is 6.18 Å². The van der Waals surface area contributed by atoms with Crippen molar-refractivity contribution in [3.8, 4) is 11.3 Å². The van der Waals surface area contributed by atoms with Crippen LogP contribution in [0.1, 0.15) is 34.0 Å². The summed E-state index contributed by atoms with van der Waals surface area (Å²) in [6.07, 6.45) is -5.43. The van der Waals surface area contributed by atoms with Gasteiger partial charge in [-0.3, -0.25) is 4.79 Å². The number of rotatable bonds is 4. The van der Waals surface area contributed by atoms with Gasteiger partial charge in [0.2, 0.25) is 0 Å². The van der Waals surface area contributed by atoms with Crippen LogP contribution in [0.4, 0.5) is 13.2 Å². The maximum Gasteiger partial charge on any atom is 0.390 e. The first-order valence-corrected chi connectivity index (χ1v) is 8.23. The van der Waals surface area contributed by atoms with Crippen molar-refractivity contribution in [3.05, 3.63) is 34.9 Å². The molecular weight excluding hydrogens is 363 g/mol. The van der Waals surface area contributed by atoms with Gasteiger partial charge in [0, 0.05) is 19.2 Å². The van der Waals surface area contributed by atoms with Crippen molar-refractivity contribution in [3.63, 3.8) is 0 Å². The van der Waals surface area contributed by atoms with Crippen LogP contribution >= 0.6 is 0 Å². The summed E-state index contributed by atoms with van der Waals surface area (Å²) in [5, 5.41) is 4.22. The second kappa shape index (κ2) is 6.71. The summed E-state index contributed by atoms with van der Waals surface area (Å²) in [5.41, 5.74) is 1.89. The standard InChI is InChI=1S/C18H18F3N3O3/c1-9-7-12(11(3)26-9)14-8-13(15-10(2)23-27-16(15)22-14)17(25)24(4)6-5-18(19,20)21/h7-8H,5-6H2,1-4H3. The van der Waals surface area contributed by atoms with E-state index >= 15 is 0 Å². The number of fused-ring (bicyclic) bond motifs is 1. The lowest BCUT2D eigenvalue weighted by Crippen LogP contribution is -2.30. The molecule has 3 rings (SSSR count). The van der Waals surface area contributed by atoms with Gasteiger partial charge in [-0.05, 0) is 32.9 Å². The topological polar surface area (TPSA) is 72.4 Å². The molecular formula is C18H18F3N3O3. The van der Waals surface area contributed by atoms with Gasteiger partial charge in [0.15, 0.2) is 0 Å². The fourth-order valence-electron chi connectivity index (χ4n) is 2.89. The van der Waals surface area contributed by atoms with E-state index in [-0.39, 0.29) is 11.3 Å². The first kappa shape index (κ1) is 18.9. The molecule has 1 amide bonds. The number of aromatic nitrogens is 2. The van der Waals surface area contributed by atoms with Crippen LogP contribution < -0.4 is 0 Å². The summed E-state index contributed by atoms with van der Waals surface area (Å²) >= 11 is 0. The molecule has 0 saturated heterocycles. The number of carbonyl (C=O) groups excluding carboxylic acids is 1. The summed E-state index contributed by atoms with van der Waals surface area (Å²) < 4.78 is 48.2. The number of alkyl halides is 3. The number of carbonyl (C=O) groups is 1. The summed E-state index contributed by atoms with van der Waals surface area (Å²) in [6.45, 7) is 4.74. The number of pyridine rings is 1. The summed E-state index contributed by atoms with van der Waals surface area (Å²) in [4.78, 5) is 18.3. The molecule has 0 N–H and O–H groups in total. The predicted octanol–water partition coefficient (Wildman–Crippen LogP) is 4.43. The number of aryl methyl sites for hydroxylation is 3. The minimum Gasteiger partial charge on any atom is -0.466 e. The minimum atomic E-state index is -4.34. The van der Waals surface area contributed by atoms with Crippen LogP contribution in [-0.4, -0.2) is 40.7 Å². The zero-order valence-electron chi connectivity index (χ0n) is 15.3. The minimum absolute atomic E-state index is 0.149. The van der Waals surface area contributed by atoms with Crippen LogP contribution in [0.3, 0.4) is 0 Å². The lowest BCUT2D eigenvalue weighted by molar-refractivity contribution is -0.136. The molecule has 3 aromatic rings. The van der Waals surface area contributed by atoms with Gasteiger partial charge in [-0.25, -0.2) is 4.98 Å². The molecule has 6 nitrogen and oxygen atoms in total. The number of hydrogen-bond acceptors (Lipinski definition) is 5. The second-order valence-electron chi connectivity index (χ2n) is 6.42. The normalized spacial score (nSPS) is 12.0. The van der Waals surface area contributed by atoms with Gasteiger partial charge in [-0.15, -0.1) is 0 Å². The van der Waals surface area contributed by atoms with E-state index in [0.717, 1.165) is 4.90 Å². The molecule has 0 radical (unpaired) electrons. The molecule has 9 heteroatoms. The monoisotopic (exact) mass is 381 g/mol. The zero-order valence-corrected chi connectivity index (χ0v) is 15.3. The molecule has 0 atom stereocenters. The van der Waals surface area contributed by atoms with Crippen LogP contribution in [0.5, 0.6) is 0 Å². The van der Waals surface area contributed by atoms with E-state index in [1.54, 1.807) is 26.8 Å². The Hall–Kier alpha value is -2.84. The van der Waals surface area contributed by atoms with Crippen LogP contribution in [-0.2, 0) is 0 Å². The van der Waals surface area contributed by atoms with Gasteiger partial charge in [0.25, 0.3) is 11.6 Å². The summed E-state index contributed by atoms with van der Waals surface area (Å²) in [5.74, 6) is 0.727. The number of amides is 1. The first-order valence-electron chi connectivity index (χ1n) is 8.23. The van der Waals surface area contributed by atoms with Crippen LogP contribution in [0.2, 0.25) is 0 Å². The van der Waals surface area contributed by atoms with Gasteiger partial charge < -0.3 is 13.8 Å². The predicted molar refractivity (Wildman–Crippen MR) is 91.3 cm³/mol. The highest BCUT2D eigenvalue weighted by Gasteiger charge is 2.29. The average molecular weight is 381 g/mol. The zero-order chi connectivity index (χ0) is 19.9. The highest BCUT2D eigenvalue weighted by molar-refractivity contribution is 6.06. The quantitative estimate of drug-likeness (QED) is 0.668. The van der Waals surface area contributed by atoms with Gasteiger partial charge in [-0.1, -0.05) is 5.16 Å². The van der Waals surface area contributed by atoms with E-state index in [1.807, 2.05) is 0 Å².